The summed E-state index contributed by atoms with van der Waals surface area (Å²) in [6.45, 7) is 0. The summed E-state index contributed by atoms with van der Waals surface area (Å²) in [5.41, 5.74) is 1.37. The first-order chi connectivity index (χ1) is 10.2. The molecule has 21 heavy (non-hydrogen) atoms. The average molecular weight is 289 g/mol. The van der Waals surface area contributed by atoms with Crippen molar-refractivity contribution in [2.75, 3.05) is 5.32 Å². The molecule has 1 heterocycles. The third kappa shape index (κ3) is 2.87. The highest BCUT2D eigenvalue weighted by atomic mass is 16.4. The zero-order chi connectivity index (χ0) is 14.7. The number of carboxylic acids is 1. The molecule has 1 fully saturated rings. The first-order valence-electron chi connectivity index (χ1n) is 8.06. The smallest absolute Gasteiger partial charge is 0.329 e. The molecule has 0 unspecified atom stereocenters. The summed E-state index contributed by atoms with van der Waals surface area (Å²) in [6, 6.07) is 0. The summed E-state index contributed by atoms with van der Waals surface area (Å²) in [5, 5.41) is 13.1. The Hall–Kier alpha value is -1.65. The second-order valence-electron chi connectivity index (χ2n) is 6.28. The van der Waals surface area contributed by atoms with Crippen molar-refractivity contribution < 1.29 is 9.90 Å². The maximum Gasteiger partial charge on any atom is 0.329 e. The molecule has 114 valence electrons. The third-order valence-electron chi connectivity index (χ3n) is 4.85. The van der Waals surface area contributed by atoms with Gasteiger partial charge in [-0.3, -0.25) is 0 Å². The fourth-order valence-corrected chi connectivity index (χ4v) is 3.58. The highest BCUT2D eigenvalue weighted by molar-refractivity contribution is 5.82. The van der Waals surface area contributed by atoms with Crippen LogP contribution >= 0.6 is 0 Å². The van der Waals surface area contributed by atoms with Crippen LogP contribution in [0, 0.1) is 0 Å². The van der Waals surface area contributed by atoms with Crippen LogP contribution in [0.3, 0.4) is 0 Å². The zero-order valence-electron chi connectivity index (χ0n) is 12.4. The summed E-state index contributed by atoms with van der Waals surface area (Å²) in [7, 11) is 0. The SMILES string of the molecule is O=C(O)C1(Nc2ncnc3c2CCCC3)CCCCCC1. The summed E-state index contributed by atoms with van der Waals surface area (Å²) in [4.78, 5) is 20.6. The first kappa shape index (κ1) is 14.3. The van der Waals surface area contributed by atoms with Gasteiger partial charge in [0, 0.05) is 11.3 Å². The largest absolute Gasteiger partial charge is 0.480 e. The van der Waals surface area contributed by atoms with Crippen molar-refractivity contribution in [3.8, 4) is 0 Å². The zero-order valence-corrected chi connectivity index (χ0v) is 12.4. The number of aliphatic carboxylic acids is 1. The Bertz CT molecular complexity index is 522. The summed E-state index contributed by atoms with van der Waals surface area (Å²) in [6.07, 6.45) is 11.3. The number of rotatable bonds is 3. The van der Waals surface area contributed by atoms with Crippen molar-refractivity contribution in [1.29, 1.82) is 0 Å². The molecular weight excluding hydrogens is 266 g/mol. The van der Waals surface area contributed by atoms with Crippen LogP contribution in [0.25, 0.3) is 0 Å². The summed E-state index contributed by atoms with van der Waals surface area (Å²) in [5.74, 6) is 0.0107. The Morgan fingerprint density at radius 2 is 1.76 bits per heavy atom. The van der Waals surface area contributed by atoms with Crippen LogP contribution in [0.15, 0.2) is 6.33 Å². The topological polar surface area (TPSA) is 75.1 Å². The quantitative estimate of drug-likeness (QED) is 0.837. The van der Waals surface area contributed by atoms with E-state index in [2.05, 4.69) is 15.3 Å². The number of fused-ring (bicyclic) bond motifs is 1. The molecule has 0 bridgehead atoms. The van der Waals surface area contributed by atoms with Gasteiger partial charge in [0.2, 0.25) is 0 Å². The van der Waals surface area contributed by atoms with Crippen molar-refractivity contribution in [3.63, 3.8) is 0 Å². The molecule has 3 rings (SSSR count). The highest BCUT2D eigenvalue weighted by Crippen LogP contribution is 2.33. The number of carboxylic acid groups (broad SMARTS) is 1. The second-order valence-corrected chi connectivity index (χ2v) is 6.28. The molecule has 1 aromatic heterocycles. The van der Waals surface area contributed by atoms with E-state index in [1.807, 2.05) is 0 Å². The van der Waals surface area contributed by atoms with Gasteiger partial charge in [-0.15, -0.1) is 0 Å². The van der Waals surface area contributed by atoms with E-state index in [4.69, 9.17) is 0 Å². The van der Waals surface area contributed by atoms with Crippen molar-refractivity contribution in [2.45, 2.75) is 69.7 Å². The van der Waals surface area contributed by atoms with Gasteiger partial charge in [-0.25, -0.2) is 14.8 Å². The van der Waals surface area contributed by atoms with Crippen LogP contribution < -0.4 is 5.32 Å². The van der Waals surface area contributed by atoms with E-state index in [1.165, 1.54) is 0 Å². The molecule has 0 aliphatic heterocycles. The number of nitrogens with zero attached hydrogens (tertiary/aromatic N) is 2. The van der Waals surface area contributed by atoms with Gasteiger partial charge in [-0.05, 0) is 38.5 Å². The minimum Gasteiger partial charge on any atom is -0.480 e. The molecule has 5 heteroatoms. The Balaban J connectivity index is 1.91. The minimum atomic E-state index is -0.851. The standard InChI is InChI=1S/C16H23N3O2/c20-15(21)16(9-5-1-2-6-10-16)19-14-12-7-3-4-8-13(12)17-11-18-14/h11H,1-10H2,(H,20,21)(H,17,18,19). The van der Waals surface area contributed by atoms with Crippen LogP contribution in [0.5, 0.6) is 0 Å². The highest BCUT2D eigenvalue weighted by Gasteiger charge is 2.39. The van der Waals surface area contributed by atoms with Gasteiger partial charge in [-0.1, -0.05) is 25.7 Å². The normalized spacial score (nSPS) is 21.1. The first-order valence-corrected chi connectivity index (χ1v) is 8.06. The number of aryl methyl sites for hydroxylation is 1. The Morgan fingerprint density at radius 1 is 1.05 bits per heavy atom. The number of carbonyl (C=O) groups is 1. The van der Waals surface area contributed by atoms with Crippen LogP contribution in [0.2, 0.25) is 0 Å². The Kier molecular flexibility index (Phi) is 4.08. The molecule has 2 N–H and O–H groups in total. The van der Waals surface area contributed by atoms with Gasteiger partial charge in [0.15, 0.2) is 0 Å². The van der Waals surface area contributed by atoms with Crippen molar-refractivity contribution in [3.05, 3.63) is 17.6 Å². The van der Waals surface area contributed by atoms with Crippen LogP contribution in [0.4, 0.5) is 5.82 Å². The van der Waals surface area contributed by atoms with Gasteiger partial charge in [-0.2, -0.15) is 0 Å². The molecule has 2 aliphatic rings. The number of nitrogens with one attached hydrogen (secondary N) is 1. The van der Waals surface area contributed by atoms with Gasteiger partial charge >= 0.3 is 5.97 Å². The molecule has 0 aromatic carbocycles. The van der Waals surface area contributed by atoms with E-state index in [0.29, 0.717) is 12.8 Å². The third-order valence-corrected chi connectivity index (χ3v) is 4.85. The summed E-state index contributed by atoms with van der Waals surface area (Å²) < 4.78 is 0. The molecule has 2 aliphatic carbocycles. The lowest BCUT2D eigenvalue weighted by atomic mass is 9.89. The maximum atomic E-state index is 11.9. The fourth-order valence-electron chi connectivity index (χ4n) is 3.58. The number of anilines is 1. The van der Waals surface area contributed by atoms with Gasteiger partial charge < -0.3 is 10.4 Å². The molecule has 1 saturated carbocycles. The average Bonchev–Trinajstić information content (AvgIpc) is 2.74. The molecule has 0 amide bonds. The molecule has 0 saturated heterocycles. The van der Waals surface area contributed by atoms with E-state index in [-0.39, 0.29) is 0 Å². The van der Waals surface area contributed by atoms with Crippen LogP contribution in [-0.2, 0) is 17.6 Å². The molecule has 5 nitrogen and oxygen atoms in total. The lowest BCUT2D eigenvalue weighted by Crippen LogP contribution is -2.46. The van der Waals surface area contributed by atoms with Gasteiger partial charge in [0.25, 0.3) is 0 Å². The van der Waals surface area contributed by atoms with Crippen molar-refractivity contribution in [2.24, 2.45) is 0 Å². The molecule has 1 aromatic rings. The maximum absolute atomic E-state index is 11.9. The van der Waals surface area contributed by atoms with E-state index >= 15 is 0 Å². The number of hydrogen-bond donors (Lipinski definition) is 2. The van der Waals surface area contributed by atoms with Gasteiger partial charge in [0.05, 0.1) is 0 Å². The number of hydrogen-bond acceptors (Lipinski definition) is 4. The Labute approximate surface area is 125 Å². The minimum absolute atomic E-state index is 0.682. The summed E-state index contributed by atoms with van der Waals surface area (Å²) >= 11 is 0. The molecule has 0 atom stereocenters. The van der Waals surface area contributed by atoms with E-state index in [9.17, 15) is 9.90 Å². The van der Waals surface area contributed by atoms with Crippen LogP contribution in [0.1, 0.15) is 62.6 Å². The van der Waals surface area contributed by atoms with Crippen molar-refractivity contribution in [1.82, 2.24) is 9.97 Å². The molecule has 0 spiro atoms. The molecule has 0 radical (unpaired) electrons. The fraction of sp³-hybridized carbons (Fsp3) is 0.688. The molecular formula is C16H23N3O2. The van der Waals surface area contributed by atoms with Crippen molar-refractivity contribution >= 4 is 11.8 Å². The predicted molar refractivity (Wildman–Crippen MR) is 80.4 cm³/mol. The van der Waals surface area contributed by atoms with E-state index in [1.54, 1.807) is 6.33 Å². The lowest BCUT2D eigenvalue weighted by molar-refractivity contribution is -0.142. The monoisotopic (exact) mass is 289 g/mol. The Morgan fingerprint density at radius 3 is 2.48 bits per heavy atom. The number of aromatic nitrogens is 2. The van der Waals surface area contributed by atoms with Crippen LogP contribution in [-0.4, -0.2) is 26.6 Å². The lowest BCUT2D eigenvalue weighted by Gasteiger charge is -2.31. The second kappa shape index (κ2) is 6.00. The van der Waals surface area contributed by atoms with Gasteiger partial charge in [0.1, 0.15) is 17.7 Å². The predicted octanol–water partition coefficient (Wildman–Crippen LogP) is 2.94. The van der Waals surface area contributed by atoms with E-state index in [0.717, 1.165) is 68.4 Å². The van der Waals surface area contributed by atoms with E-state index < -0.39 is 11.5 Å².